The fraction of sp³-hybridized carbons (Fsp3) is 0.476. The zero-order valence-electron chi connectivity index (χ0n) is 17.1. The van der Waals surface area contributed by atoms with Gasteiger partial charge in [0, 0.05) is 29.3 Å². The van der Waals surface area contributed by atoms with E-state index in [0.717, 1.165) is 15.6 Å². The molecule has 31 heavy (non-hydrogen) atoms. The van der Waals surface area contributed by atoms with Crippen molar-refractivity contribution < 1.29 is 38.9 Å². The minimum Gasteiger partial charge on any atom is -0.481 e. The summed E-state index contributed by atoms with van der Waals surface area (Å²) in [4.78, 5) is 57.5. The van der Waals surface area contributed by atoms with Crippen molar-refractivity contribution in [2.24, 2.45) is 0 Å². The van der Waals surface area contributed by atoms with Gasteiger partial charge in [0.2, 0.25) is 6.10 Å². The van der Waals surface area contributed by atoms with Gasteiger partial charge < -0.3 is 20.3 Å². The third kappa shape index (κ3) is 11.5. The summed E-state index contributed by atoms with van der Waals surface area (Å²) < 4.78 is 5.96. The second-order valence-corrected chi connectivity index (χ2v) is 8.28. The van der Waals surface area contributed by atoms with Gasteiger partial charge in [-0.15, -0.1) is 0 Å². The van der Waals surface area contributed by atoms with Gasteiger partial charge in [0.25, 0.3) is 0 Å². The van der Waals surface area contributed by atoms with E-state index in [4.69, 9.17) is 9.84 Å². The number of ketones is 2. The van der Waals surface area contributed by atoms with Crippen LogP contribution in [0.1, 0.15) is 51.0 Å². The lowest BCUT2D eigenvalue weighted by molar-refractivity contribution is -0.147. The molecule has 3 N–H and O–H groups in total. The number of nitrogens with one attached hydrogen (secondary N) is 1. The third-order valence-electron chi connectivity index (χ3n) is 4.47. The Labute approximate surface area is 193 Å². The number of hydrogen-bond donors (Lipinski definition) is 3. The smallest absolute Gasteiger partial charge is 0.408 e. The van der Waals surface area contributed by atoms with E-state index in [1.54, 1.807) is 0 Å². The highest BCUT2D eigenvalue weighted by Gasteiger charge is 2.26. The predicted molar refractivity (Wildman–Crippen MR) is 119 cm³/mol. The van der Waals surface area contributed by atoms with Crippen molar-refractivity contribution in [2.75, 3.05) is 0 Å². The number of carbonyl (C=O) groups excluding carboxylic acids is 3. The van der Waals surface area contributed by atoms with Crippen molar-refractivity contribution in [3.63, 3.8) is 0 Å². The molecule has 2 atom stereocenters. The first-order valence-electron chi connectivity index (χ1n) is 9.76. The molecule has 0 saturated carbocycles. The second-order valence-electron chi connectivity index (χ2n) is 7.03. The SMILES string of the molecule is CC(=O)[C@H](CCC(=O)O)NC(=O)O[C@@H](CCC(=O)CCCc1ccc([125I])cc1)C(=O)O. The number of halogens is 1. The number of carboxylic acids is 2. The van der Waals surface area contributed by atoms with Crippen LogP contribution in [-0.4, -0.2) is 52.0 Å². The number of benzene rings is 1. The monoisotopic (exact) mass is 545 g/mol. The zero-order valence-corrected chi connectivity index (χ0v) is 19.3. The Morgan fingerprint density at radius 1 is 1.00 bits per heavy atom. The van der Waals surface area contributed by atoms with E-state index in [0.29, 0.717) is 6.42 Å². The van der Waals surface area contributed by atoms with Crippen LogP contribution in [0.25, 0.3) is 0 Å². The van der Waals surface area contributed by atoms with Gasteiger partial charge >= 0.3 is 18.0 Å². The molecule has 0 saturated heterocycles. The normalized spacial score (nSPS) is 12.5. The van der Waals surface area contributed by atoms with Crippen LogP contribution in [0.3, 0.4) is 0 Å². The molecule has 1 amide bonds. The number of aryl methyl sites for hydroxylation is 1. The summed E-state index contributed by atoms with van der Waals surface area (Å²) in [7, 11) is 0. The molecule has 0 aromatic heterocycles. The Kier molecular flexibility index (Phi) is 11.8. The molecule has 0 bridgehead atoms. The van der Waals surface area contributed by atoms with E-state index in [-0.39, 0.29) is 37.9 Å². The number of hydrogen-bond acceptors (Lipinski definition) is 6. The van der Waals surface area contributed by atoms with Crippen LogP contribution in [0.2, 0.25) is 0 Å². The summed E-state index contributed by atoms with van der Waals surface area (Å²) in [6.45, 7) is 1.18. The molecule has 9 nitrogen and oxygen atoms in total. The number of amides is 1. The molecule has 1 rings (SSSR count). The van der Waals surface area contributed by atoms with Crippen LogP contribution in [0.4, 0.5) is 4.79 Å². The van der Waals surface area contributed by atoms with Crippen LogP contribution in [0.15, 0.2) is 24.3 Å². The van der Waals surface area contributed by atoms with Gasteiger partial charge in [-0.25, -0.2) is 9.59 Å². The van der Waals surface area contributed by atoms with Gasteiger partial charge in [0.05, 0.1) is 6.04 Å². The molecule has 10 heteroatoms. The van der Waals surface area contributed by atoms with E-state index < -0.39 is 36.0 Å². The first-order chi connectivity index (χ1) is 14.6. The highest BCUT2D eigenvalue weighted by atomic mass is 125. The van der Waals surface area contributed by atoms with Crippen LogP contribution >= 0.6 is 22.6 Å². The van der Waals surface area contributed by atoms with Crippen LogP contribution in [-0.2, 0) is 30.3 Å². The Morgan fingerprint density at radius 2 is 1.65 bits per heavy atom. The molecule has 0 unspecified atom stereocenters. The first kappa shape index (κ1) is 26.5. The fourth-order valence-corrected chi connectivity index (χ4v) is 3.10. The van der Waals surface area contributed by atoms with Crippen molar-refractivity contribution in [3.05, 3.63) is 33.4 Å². The molecule has 0 aliphatic heterocycles. The van der Waals surface area contributed by atoms with Gasteiger partial charge in [-0.3, -0.25) is 14.4 Å². The number of carbonyl (C=O) groups is 5. The minimum absolute atomic E-state index is 0.0634. The number of Topliss-reactive ketones (excluding diaryl/α,β-unsaturated/α-hetero) is 2. The van der Waals surface area contributed by atoms with Crippen molar-refractivity contribution in [1.29, 1.82) is 0 Å². The van der Waals surface area contributed by atoms with Crippen LogP contribution in [0, 0.1) is 3.57 Å². The van der Waals surface area contributed by atoms with Crippen molar-refractivity contribution in [2.45, 2.75) is 64.0 Å². The molecule has 170 valence electrons. The summed E-state index contributed by atoms with van der Waals surface area (Å²) in [6, 6.07) is 6.85. The number of alkyl carbamates (subject to hydrolysis) is 1. The maximum absolute atomic E-state index is 12.1. The first-order valence-corrected chi connectivity index (χ1v) is 10.8. The Bertz CT molecular complexity index is 793. The van der Waals surface area contributed by atoms with E-state index in [2.05, 4.69) is 27.9 Å². The summed E-state index contributed by atoms with van der Waals surface area (Å²) in [5.41, 5.74) is 1.11. The Morgan fingerprint density at radius 3 is 2.19 bits per heavy atom. The lowest BCUT2D eigenvalue weighted by Gasteiger charge is -2.18. The van der Waals surface area contributed by atoms with E-state index in [9.17, 15) is 29.1 Å². The largest absolute Gasteiger partial charge is 0.481 e. The second kappa shape index (κ2) is 13.7. The standard InChI is InChI=1S/C21H26INO8/c1-13(24)17(10-12-19(26)27)23-21(30)31-18(20(28)29)11-9-16(25)4-2-3-14-5-7-15(22)8-6-14/h5-8,17-18H,2-4,9-12H2,1H3,(H,23,30)(H,26,27)(H,28,29)/t17-,18-/m0/s1/i22-2. The molecule has 0 spiro atoms. The number of rotatable bonds is 14. The maximum atomic E-state index is 12.1. The fourth-order valence-electron chi connectivity index (χ4n) is 2.74. The topological polar surface area (TPSA) is 147 Å². The number of aliphatic carboxylic acids is 2. The van der Waals surface area contributed by atoms with E-state index >= 15 is 0 Å². The minimum atomic E-state index is -1.55. The number of carboxylic acid groups (broad SMARTS) is 2. The van der Waals surface area contributed by atoms with Crippen LogP contribution < -0.4 is 5.32 Å². The summed E-state index contributed by atoms with van der Waals surface area (Å²) in [5, 5.41) is 20.1. The average molecular weight is 545 g/mol. The van der Waals surface area contributed by atoms with E-state index in [1.807, 2.05) is 24.3 Å². The highest BCUT2D eigenvalue weighted by molar-refractivity contribution is 14.1. The summed E-state index contributed by atoms with van der Waals surface area (Å²) in [6.07, 6.45) is -1.80. The van der Waals surface area contributed by atoms with Gasteiger partial charge in [-0.05, 0) is 66.5 Å². The zero-order chi connectivity index (χ0) is 23.4. The molecule has 1 aromatic rings. The molecule has 0 aliphatic rings. The molecular weight excluding hydrogens is 519 g/mol. The number of ether oxygens (including phenoxy) is 1. The molecule has 1 aromatic carbocycles. The van der Waals surface area contributed by atoms with Gasteiger partial charge in [0.15, 0.2) is 5.78 Å². The summed E-state index contributed by atoms with van der Waals surface area (Å²) in [5.74, 6) is -3.16. The Hall–Kier alpha value is -2.50. The van der Waals surface area contributed by atoms with Crippen molar-refractivity contribution in [3.8, 4) is 0 Å². The third-order valence-corrected chi connectivity index (χ3v) is 5.19. The lowest BCUT2D eigenvalue weighted by atomic mass is 10.0. The summed E-state index contributed by atoms with van der Waals surface area (Å²) >= 11 is 2.21. The van der Waals surface area contributed by atoms with Gasteiger partial charge in [-0.2, -0.15) is 0 Å². The molecule has 0 aliphatic carbocycles. The van der Waals surface area contributed by atoms with Gasteiger partial charge in [0.1, 0.15) is 5.78 Å². The molecule has 0 heterocycles. The van der Waals surface area contributed by atoms with E-state index in [1.165, 1.54) is 6.92 Å². The average Bonchev–Trinajstić information content (AvgIpc) is 2.69. The van der Waals surface area contributed by atoms with Crippen molar-refractivity contribution >= 4 is 52.2 Å². The molecule has 0 fully saturated rings. The highest BCUT2D eigenvalue weighted by Crippen LogP contribution is 2.12. The predicted octanol–water partition coefficient (Wildman–Crippen LogP) is 2.97. The molecular formula is C21H26INO8. The quantitative estimate of drug-likeness (QED) is 0.303. The van der Waals surface area contributed by atoms with Crippen molar-refractivity contribution in [1.82, 2.24) is 5.32 Å². The van der Waals surface area contributed by atoms with Crippen LogP contribution in [0.5, 0.6) is 0 Å². The van der Waals surface area contributed by atoms with Gasteiger partial charge in [-0.1, -0.05) is 12.1 Å². The molecule has 0 radical (unpaired) electrons. The maximum Gasteiger partial charge on any atom is 0.408 e. The lowest BCUT2D eigenvalue weighted by Crippen LogP contribution is -2.43. The Balaban J connectivity index is 2.44.